The van der Waals surface area contributed by atoms with Crippen LogP contribution in [-0.4, -0.2) is 30.4 Å². The molecule has 3 aromatic rings. The number of ether oxygens (including phenoxy) is 2. The number of methoxy groups -OCH3 is 1. The maximum absolute atomic E-state index is 13.4. The summed E-state index contributed by atoms with van der Waals surface area (Å²) in [4.78, 5) is 25.8. The number of rotatable bonds is 6. The molecule has 2 atom stereocenters. The van der Waals surface area contributed by atoms with E-state index in [1.54, 1.807) is 38.1 Å². The molecule has 0 unspecified atom stereocenters. The van der Waals surface area contributed by atoms with Crippen LogP contribution in [-0.2, 0) is 17.5 Å². The van der Waals surface area contributed by atoms with Gasteiger partial charge < -0.3 is 9.47 Å². The fourth-order valence-corrected chi connectivity index (χ4v) is 4.61. The highest BCUT2D eigenvalue weighted by atomic mass is 19.4. The molecule has 0 aliphatic carbocycles. The van der Waals surface area contributed by atoms with Crippen LogP contribution in [0.5, 0.6) is 5.75 Å². The van der Waals surface area contributed by atoms with Crippen molar-refractivity contribution < 1.29 is 32.2 Å². The van der Waals surface area contributed by atoms with Gasteiger partial charge in [0.05, 0.1) is 25.3 Å². The van der Waals surface area contributed by atoms with Gasteiger partial charge in [0, 0.05) is 11.1 Å². The number of cyclic esters (lactones) is 1. The molecular weight excluding hydrogens is 471 g/mol. The number of carbonyl (C=O) groups excluding carboxylic acids is 2. The van der Waals surface area contributed by atoms with E-state index in [4.69, 9.17) is 9.47 Å². The number of amides is 1. The van der Waals surface area contributed by atoms with Crippen LogP contribution in [0, 0.1) is 13.8 Å². The molecule has 8 heteroatoms. The molecule has 0 bridgehead atoms. The van der Waals surface area contributed by atoms with Crippen molar-refractivity contribution >= 4 is 12.4 Å². The number of hydrogen-bond donors (Lipinski definition) is 0. The van der Waals surface area contributed by atoms with E-state index in [0.29, 0.717) is 28.0 Å². The number of nitrogens with zero attached hydrogens (tertiary/aromatic N) is 1. The third-order valence-corrected chi connectivity index (χ3v) is 6.40. The second kappa shape index (κ2) is 9.68. The van der Waals surface area contributed by atoms with Crippen LogP contribution < -0.4 is 4.74 Å². The molecule has 0 aromatic heterocycles. The lowest BCUT2D eigenvalue weighted by molar-refractivity contribution is -0.137. The van der Waals surface area contributed by atoms with Crippen molar-refractivity contribution in [1.29, 1.82) is 0 Å². The predicted molar refractivity (Wildman–Crippen MR) is 129 cm³/mol. The summed E-state index contributed by atoms with van der Waals surface area (Å²) < 4.78 is 51.2. The molecule has 0 N–H and O–H groups in total. The zero-order valence-electron chi connectivity index (χ0n) is 20.3. The van der Waals surface area contributed by atoms with E-state index >= 15 is 0 Å². The van der Waals surface area contributed by atoms with Gasteiger partial charge in [-0.2, -0.15) is 13.2 Å². The van der Waals surface area contributed by atoms with Gasteiger partial charge in [0.2, 0.25) is 0 Å². The van der Waals surface area contributed by atoms with Crippen molar-refractivity contribution in [2.45, 2.75) is 45.6 Å². The average molecular weight is 498 g/mol. The molecule has 1 aliphatic heterocycles. The summed E-state index contributed by atoms with van der Waals surface area (Å²) in [7, 11) is 1.54. The fraction of sp³-hybridized carbons (Fsp3) is 0.286. The van der Waals surface area contributed by atoms with Gasteiger partial charge in [0.25, 0.3) is 0 Å². The lowest BCUT2D eigenvalue weighted by atomic mass is 9.94. The van der Waals surface area contributed by atoms with E-state index in [2.05, 4.69) is 0 Å². The summed E-state index contributed by atoms with van der Waals surface area (Å²) in [6, 6.07) is 14.1. The van der Waals surface area contributed by atoms with Crippen LogP contribution in [0.15, 0.2) is 54.6 Å². The zero-order chi connectivity index (χ0) is 26.2. The first kappa shape index (κ1) is 25.3. The minimum atomic E-state index is -4.50. The van der Waals surface area contributed by atoms with Crippen molar-refractivity contribution in [3.63, 3.8) is 0 Å². The Morgan fingerprint density at radius 3 is 2.42 bits per heavy atom. The molecule has 1 aliphatic rings. The normalized spacial score (nSPS) is 17.8. The molecule has 1 fully saturated rings. The van der Waals surface area contributed by atoms with Crippen molar-refractivity contribution in [2.24, 2.45) is 0 Å². The van der Waals surface area contributed by atoms with Crippen LogP contribution >= 0.6 is 0 Å². The second-order valence-corrected chi connectivity index (χ2v) is 9.04. The van der Waals surface area contributed by atoms with Crippen molar-refractivity contribution in [2.75, 3.05) is 7.11 Å². The molecule has 0 saturated carbocycles. The Morgan fingerprint density at radius 1 is 1.00 bits per heavy atom. The second-order valence-electron chi connectivity index (χ2n) is 9.04. The quantitative estimate of drug-likeness (QED) is 0.348. The molecule has 5 nitrogen and oxygen atoms in total. The lowest BCUT2D eigenvalue weighted by Crippen LogP contribution is -2.31. The molecular formula is C28H26F3NO4. The van der Waals surface area contributed by atoms with Gasteiger partial charge in [-0.15, -0.1) is 0 Å². The molecule has 36 heavy (non-hydrogen) atoms. The largest absolute Gasteiger partial charge is 0.496 e. The summed E-state index contributed by atoms with van der Waals surface area (Å²) in [5.41, 5.74) is 3.67. The maximum atomic E-state index is 13.4. The summed E-state index contributed by atoms with van der Waals surface area (Å²) in [6.45, 7) is 5.43. The van der Waals surface area contributed by atoms with E-state index in [1.165, 1.54) is 12.0 Å². The van der Waals surface area contributed by atoms with Gasteiger partial charge in [-0.1, -0.05) is 35.4 Å². The van der Waals surface area contributed by atoms with Crippen LogP contribution in [0.25, 0.3) is 11.1 Å². The van der Waals surface area contributed by atoms with Gasteiger partial charge in [0.15, 0.2) is 0 Å². The number of carbonyl (C=O) groups is 2. The Hall–Kier alpha value is -3.81. The third-order valence-electron chi connectivity index (χ3n) is 6.40. The number of aryl methyl sites for hydroxylation is 2. The van der Waals surface area contributed by atoms with E-state index in [9.17, 15) is 22.8 Å². The molecule has 0 spiro atoms. The van der Waals surface area contributed by atoms with Crippen LogP contribution in [0.3, 0.4) is 0 Å². The maximum Gasteiger partial charge on any atom is 0.416 e. The Morgan fingerprint density at radius 2 is 1.75 bits per heavy atom. The van der Waals surface area contributed by atoms with Gasteiger partial charge >= 0.3 is 12.3 Å². The van der Waals surface area contributed by atoms with Gasteiger partial charge in [-0.25, -0.2) is 4.79 Å². The number of alkyl halides is 3. The molecule has 3 aromatic carbocycles. The molecule has 188 valence electrons. The Bertz CT molecular complexity index is 1320. The van der Waals surface area contributed by atoms with E-state index in [0.717, 1.165) is 35.1 Å². The Kier molecular flexibility index (Phi) is 6.80. The minimum absolute atomic E-state index is 0.167. The summed E-state index contributed by atoms with van der Waals surface area (Å²) in [5.74, 6) is 0.570. The Labute approximate surface area is 207 Å². The highest BCUT2D eigenvalue weighted by Crippen LogP contribution is 2.39. The standard InChI is InChI=1S/C28H26F3NO4/c1-16-5-7-23(24-12-19(15-33)6-8-25(24)35-4)21(9-16)14-32-18(3)26(36-27(32)34)20-10-17(2)11-22(13-20)28(29,30)31/h5-13,15,18,26H,14H2,1-4H3/t18-,26-/m0/s1. The molecule has 1 heterocycles. The smallest absolute Gasteiger partial charge is 0.416 e. The highest BCUT2D eigenvalue weighted by Gasteiger charge is 2.41. The van der Waals surface area contributed by atoms with E-state index < -0.39 is 30.0 Å². The molecule has 1 amide bonds. The summed E-state index contributed by atoms with van der Waals surface area (Å²) >= 11 is 0. The fourth-order valence-electron chi connectivity index (χ4n) is 4.61. The van der Waals surface area contributed by atoms with Crippen LogP contribution in [0.1, 0.15) is 51.2 Å². The number of hydrogen-bond acceptors (Lipinski definition) is 4. The van der Waals surface area contributed by atoms with Gasteiger partial charge in [-0.05, 0) is 67.8 Å². The van der Waals surface area contributed by atoms with Gasteiger partial charge in [0.1, 0.15) is 18.1 Å². The molecule has 0 radical (unpaired) electrons. The number of benzene rings is 3. The summed E-state index contributed by atoms with van der Waals surface area (Å²) in [6.07, 6.45) is -5.21. The number of halogens is 3. The van der Waals surface area contributed by atoms with Crippen LogP contribution in [0.2, 0.25) is 0 Å². The highest BCUT2D eigenvalue weighted by molar-refractivity contribution is 5.83. The zero-order valence-corrected chi connectivity index (χ0v) is 20.3. The Balaban J connectivity index is 1.70. The monoisotopic (exact) mass is 497 g/mol. The first-order chi connectivity index (χ1) is 17.0. The van der Waals surface area contributed by atoms with E-state index in [-0.39, 0.29) is 6.54 Å². The van der Waals surface area contributed by atoms with Crippen molar-refractivity contribution in [3.05, 3.63) is 88.0 Å². The minimum Gasteiger partial charge on any atom is -0.496 e. The van der Waals surface area contributed by atoms with Gasteiger partial charge in [-0.3, -0.25) is 9.69 Å². The SMILES string of the molecule is COc1ccc(C=O)cc1-c1ccc(C)cc1CN1C(=O)O[C@H](c2cc(C)cc(C(F)(F)F)c2)[C@@H]1C. The first-order valence-electron chi connectivity index (χ1n) is 11.4. The van der Waals surface area contributed by atoms with Crippen molar-refractivity contribution in [1.82, 2.24) is 4.90 Å². The average Bonchev–Trinajstić information content (AvgIpc) is 3.11. The topological polar surface area (TPSA) is 55.8 Å². The van der Waals surface area contributed by atoms with Crippen molar-refractivity contribution in [3.8, 4) is 16.9 Å². The predicted octanol–water partition coefficient (Wildman–Crippen LogP) is 6.89. The third kappa shape index (κ3) is 4.94. The number of aldehydes is 1. The van der Waals surface area contributed by atoms with Crippen LogP contribution in [0.4, 0.5) is 18.0 Å². The van der Waals surface area contributed by atoms with E-state index in [1.807, 2.05) is 25.1 Å². The summed E-state index contributed by atoms with van der Waals surface area (Å²) in [5, 5.41) is 0. The molecule has 4 rings (SSSR count). The lowest BCUT2D eigenvalue weighted by Gasteiger charge is -2.23. The molecule has 1 saturated heterocycles. The first-order valence-corrected chi connectivity index (χ1v) is 11.4.